The normalized spacial score (nSPS) is 12.7. The van der Waals surface area contributed by atoms with Crippen LogP contribution in [0.15, 0.2) is 10.8 Å². The maximum Gasteiger partial charge on any atom is 0.271 e. The van der Waals surface area contributed by atoms with Gasteiger partial charge in [-0.05, 0) is 26.8 Å². The van der Waals surface area contributed by atoms with Gasteiger partial charge in [-0.1, -0.05) is 6.92 Å². The summed E-state index contributed by atoms with van der Waals surface area (Å²) in [4.78, 5) is 21.2. The highest BCUT2D eigenvalue weighted by molar-refractivity contribution is 7.10. The van der Waals surface area contributed by atoms with Gasteiger partial charge in [0.25, 0.3) is 5.91 Å². The zero-order valence-electron chi connectivity index (χ0n) is 13.3. The van der Waals surface area contributed by atoms with Crippen LogP contribution >= 0.6 is 47.5 Å². The highest BCUT2D eigenvalue weighted by Gasteiger charge is 2.30. The van der Waals surface area contributed by atoms with Crippen molar-refractivity contribution in [1.82, 2.24) is 15.3 Å². The quantitative estimate of drug-likeness (QED) is 0.784. The Labute approximate surface area is 156 Å². The van der Waals surface area contributed by atoms with Gasteiger partial charge in [0.2, 0.25) is 0 Å². The summed E-state index contributed by atoms with van der Waals surface area (Å²) in [6, 6.07) is 0. The van der Waals surface area contributed by atoms with Crippen LogP contribution in [0.3, 0.4) is 0 Å². The predicted octanol–water partition coefficient (Wildman–Crippen LogP) is 3.31. The van der Waals surface area contributed by atoms with Crippen molar-refractivity contribution in [2.45, 2.75) is 39.2 Å². The number of halogens is 2. The largest absolute Gasteiger partial charge is 0.339 e. The van der Waals surface area contributed by atoms with Crippen LogP contribution in [-0.4, -0.2) is 22.4 Å². The van der Waals surface area contributed by atoms with Crippen LogP contribution < -0.4 is 11.1 Å². The second kappa shape index (κ2) is 9.54. The van der Waals surface area contributed by atoms with Crippen molar-refractivity contribution in [3.8, 4) is 0 Å². The van der Waals surface area contributed by atoms with E-state index in [0.717, 1.165) is 22.1 Å². The number of aromatic nitrogens is 2. The Bertz CT molecular complexity index is 632. The van der Waals surface area contributed by atoms with E-state index in [-0.39, 0.29) is 30.7 Å². The molecule has 1 unspecified atom stereocenters. The van der Waals surface area contributed by atoms with Crippen molar-refractivity contribution in [2.24, 2.45) is 5.73 Å². The van der Waals surface area contributed by atoms with E-state index in [1.54, 1.807) is 16.7 Å². The van der Waals surface area contributed by atoms with E-state index in [9.17, 15) is 4.79 Å². The number of nitrogens with one attached hydrogen (secondary N) is 1. The molecule has 0 aliphatic rings. The average molecular weight is 397 g/mol. The molecule has 2 rings (SSSR count). The van der Waals surface area contributed by atoms with Gasteiger partial charge < -0.3 is 11.1 Å². The minimum atomic E-state index is -0.465. The molecular formula is C14H22Cl2N4OS2. The van der Waals surface area contributed by atoms with Gasteiger partial charge in [-0.2, -0.15) is 0 Å². The SMILES string of the molecule is CCC(C)(NC(=O)c1csc(CCN)n1)c1nc(C)cs1.Cl.Cl. The van der Waals surface area contributed by atoms with Crippen molar-refractivity contribution in [1.29, 1.82) is 0 Å². The maximum atomic E-state index is 12.4. The number of nitrogens with zero attached hydrogens (tertiary/aromatic N) is 2. The van der Waals surface area contributed by atoms with Crippen LogP contribution in [-0.2, 0) is 12.0 Å². The number of amides is 1. The Morgan fingerprint density at radius 2 is 2.00 bits per heavy atom. The van der Waals surface area contributed by atoms with Crippen LogP contribution in [0.1, 0.15) is 46.5 Å². The van der Waals surface area contributed by atoms with Gasteiger partial charge >= 0.3 is 0 Å². The summed E-state index contributed by atoms with van der Waals surface area (Å²) in [7, 11) is 0. The summed E-state index contributed by atoms with van der Waals surface area (Å²) in [5, 5.41) is 8.66. The van der Waals surface area contributed by atoms with Gasteiger partial charge in [0.15, 0.2) is 0 Å². The number of aryl methyl sites for hydroxylation is 1. The van der Waals surface area contributed by atoms with Crippen molar-refractivity contribution in [2.75, 3.05) is 6.54 Å². The van der Waals surface area contributed by atoms with E-state index in [1.165, 1.54) is 11.3 Å². The molecule has 3 N–H and O–H groups in total. The summed E-state index contributed by atoms with van der Waals surface area (Å²) in [5.74, 6) is -0.160. The lowest BCUT2D eigenvalue weighted by molar-refractivity contribution is 0.0897. The third kappa shape index (κ3) is 5.39. The van der Waals surface area contributed by atoms with Crippen LogP contribution in [0.25, 0.3) is 0 Å². The molecule has 1 atom stereocenters. The Morgan fingerprint density at radius 3 is 2.52 bits per heavy atom. The topological polar surface area (TPSA) is 80.9 Å². The molecular weight excluding hydrogens is 375 g/mol. The highest BCUT2D eigenvalue weighted by atomic mass is 35.5. The van der Waals surface area contributed by atoms with Crippen molar-refractivity contribution in [3.05, 3.63) is 32.2 Å². The fraction of sp³-hybridized carbons (Fsp3) is 0.500. The fourth-order valence-electron chi connectivity index (χ4n) is 1.87. The Kier molecular flexibility index (Phi) is 9.24. The molecule has 0 bridgehead atoms. The number of carbonyl (C=O) groups is 1. The Morgan fingerprint density at radius 1 is 1.30 bits per heavy atom. The standard InChI is InChI=1S/C14H20N4OS2.2ClH/c1-4-14(3,13-16-9(2)7-21-13)18-12(19)10-8-20-11(17-10)5-6-15;;/h7-8H,4-6,15H2,1-3H3,(H,18,19);2*1H. The first-order chi connectivity index (χ1) is 9.98. The zero-order valence-corrected chi connectivity index (χ0v) is 16.6. The lowest BCUT2D eigenvalue weighted by Gasteiger charge is -2.27. The molecule has 0 saturated heterocycles. The molecule has 2 aromatic heterocycles. The average Bonchev–Trinajstić information content (AvgIpc) is 3.08. The molecule has 0 aromatic carbocycles. The fourth-order valence-corrected chi connectivity index (χ4v) is 3.65. The number of hydrogen-bond acceptors (Lipinski definition) is 6. The molecule has 2 aromatic rings. The molecule has 23 heavy (non-hydrogen) atoms. The van der Waals surface area contributed by atoms with Gasteiger partial charge in [-0.3, -0.25) is 4.79 Å². The molecule has 0 aliphatic carbocycles. The Hall–Kier alpha value is -0.730. The van der Waals surface area contributed by atoms with E-state index >= 15 is 0 Å². The first-order valence-corrected chi connectivity index (χ1v) is 8.64. The van der Waals surface area contributed by atoms with Crippen molar-refractivity contribution >= 4 is 53.4 Å². The minimum Gasteiger partial charge on any atom is -0.339 e. The number of hydrogen-bond donors (Lipinski definition) is 2. The lowest BCUT2D eigenvalue weighted by Crippen LogP contribution is -2.43. The van der Waals surface area contributed by atoms with E-state index in [2.05, 4.69) is 15.3 Å². The van der Waals surface area contributed by atoms with E-state index in [1.807, 2.05) is 26.2 Å². The second-order valence-corrected chi connectivity index (χ2v) is 6.90. The zero-order chi connectivity index (χ0) is 15.5. The number of nitrogens with two attached hydrogens (primary N) is 1. The first-order valence-electron chi connectivity index (χ1n) is 6.88. The lowest BCUT2D eigenvalue weighted by atomic mass is 9.99. The van der Waals surface area contributed by atoms with Gasteiger partial charge in [0, 0.05) is 22.9 Å². The highest BCUT2D eigenvalue weighted by Crippen LogP contribution is 2.28. The third-order valence-electron chi connectivity index (χ3n) is 3.33. The molecule has 1 amide bonds. The smallest absolute Gasteiger partial charge is 0.271 e. The molecule has 2 heterocycles. The summed E-state index contributed by atoms with van der Waals surface area (Å²) in [6.07, 6.45) is 1.47. The number of rotatable bonds is 6. The van der Waals surface area contributed by atoms with E-state index in [0.29, 0.717) is 18.7 Å². The van der Waals surface area contributed by atoms with Gasteiger partial charge in [0.05, 0.1) is 10.5 Å². The monoisotopic (exact) mass is 396 g/mol. The van der Waals surface area contributed by atoms with Gasteiger partial charge in [-0.15, -0.1) is 47.5 Å². The molecule has 9 heteroatoms. The van der Waals surface area contributed by atoms with E-state index in [4.69, 9.17) is 5.73 Å². The molecule has 0 saturated carbocycles. The summed E-state index contributed by atoms with van der Waals surface area (Å²) in [6.45, 7) is 6.53. The molecule has 5 nitrogen and oxygen atoms in total. The molecule has 0 aliphatic heterocycles. The van der Waals surface area contributed by atoms with Crippen LogP contribution in [0.2, 0.25) is 0 Å². The van der Waals surface area contributed by atoms with Crippen LogP contribution in [0.5, 0.6) is 0 Å². The minimum absolute atomic E-state index is 0. The third-order valence-corrected chi connectivity index (χ3v) is 5.46. The van der Waals surface area contributed by atoms with Crippen molar-refractivity contribution in [3.63, 3.8) is 0 Å². The molecule has 0 spiro atoms. The Balaban J connectivity index is 0.00000242. The van der Waals surface area contributed by atoms with E-state index < -0.39 is 5.54 Å². The number of carbonyl (C=O) groups excluding carboxylic acids is 1. The molecule has 130 valence electrons. The molecule has 0 radical (unpaired) electrons. The second-order valence-electron chi connectivity index (χ2n) is 5.10. The predicted molar refractivity (Wildman–Crippen MR) is 101 cm³/mol. The maximum absolute atomic E-state index is 12.4. The summed E-state index contributed by atoms with van der Waals surface area (Å²) >= 11 is 3.04. The van der Waals surface area contributed by atoms with Gasteiger partial charge in [0.1, 0.15) is 10.7 Å². The van der Waals surface area contributed by atoms with Gasteiger partial charge in [-0.25, -0.2) is 9.97 Å². The van der Waals surface area contributed by atoms with Crippen LogP contribution in [0.4, 0.5) is 0 Å². The number of thiazole rings is 2. The first kappa shape index (κ1) is 22.3. The summed E-state index contributed by atoms with van der Waals surface area (Å²) in [5.41, 5.74) is 6.47. The summed E-state index contributed by atoms with van der Waals surface area (Å²) < 4.78 is 0. The van der Waals surface area contributed by atoms with Crippen LogP contribution in [0, 0.1) is 6.92 Å². The van der Waals surface area contributed by atoms with Crippen molar-refractivity contribution < 1.29 is 4.79 Å². The molecule has 0 fully saturated rings.